The standard InChI is InChI=1S/C26H27N3O6/c1-34-15-10-11-20(21(12-15)25(32)29-27)24(31)23(30)13-28-26(33)35-14-22-18-8-4-2-6-16(18)17-7-3-5-9-19(17)22/h2-12,22-24,30-31H,13-14,27H2,1H3,(H,28,33)(H,29,32). The van der Waals surface area contributed by atoms with Gasteiger partial charge in [-0.1, -0.05) is 54.6 Å². The Kier molecular flexibility index (Phi) is 7.31. The van der Waals surface area contributed by atoms with Crippen LogP contribution in [0.1, 0.15) is 39.1 Å². The molecular weight excluding hydrogens is 450 g/mol. The minimum absolute atomic E-state index is 0.0412. The first-order valence-electron chi connectivity index (χ1n) is 11.1. The summed E-state index contributed by atoms with van der Waals surface area (Å²) in [5.74, 6) is 4.85. The number of ether oxygens (including phenoxy) is 2. The van der Waals surface area contributed by atoms with Gasteiger partial charge in [-0.15, -0.1) is 0 Å². The normalized spacial score (nSPS) is 13.8. The molecule has 0 saturated carbocycles. The summed E-state index contributed by atoms with van der Waals surface area (Å²) in [5, 5.41) is 23.5. The van der Waals surface area contributed by atoms with Gasteiger partial charge in [-0.3, -0.25) is 10.2 Å². The van der Waals surface area contributed by atoms with Gasteiger partial charge in [-0.25, -0.2) is 10.6 Å². The van der Waals surface area contributed by atoms with Gasteiger partial charge in [0.2, 0.25) is 0 Å². The number of carbonyl (C=O) groups excluding carboxylic acids is 2. The molecule has 0 aliphatic heterocycles. The van der Waals surface area contributed by atoms with Crippen LogP contribution in [0.5, 0.6) is 5.75 Å². The third-order valence-electron chi connectivity index (χ3n) is 6.12. The average Bonchev–Trinajstić information content (AvgIpc) is 3.22. The lowest BCUT2D eigenvalue weighted by Gasteiger charge is -2.21. The largest absolute Gasteiger partial charge is 0.497 e. The number of hydrazine groups is 1. The van der Waals surface area contributed by atoms with Gasteiger partial charge in [0.1, 0.15) is 24.6 Å². The van der Waals surface area contributed by atoms with Crippen LogP contribution in [0.15, 0.2) is 66.7 Å². The van der Waals surface area contributed by atoms with Gasteiger partial charge in [0.25, 0.3) is 5.91 Å². The van der Waals surface area contributed by atoms with E-state index in [1.54, 1.807) is 0 Å². The summed E-state index contributed by atoms with van der Waals surface area (Å²) in [4.78, 5) is 24.5. The number of fused-ring (bicyclic) bond motifs is 3. The molecular formula is C26H27N3O6. The van der Waals surface area contributed by atoms with Gasteiger partial charge >= 0.3 is 6.09 Å². The number of benzene rings is 3. The number of nitrogens with one attached hydrogen (secondary N) is 2. The van der Waals surface area contributed by atoms with Crippen LogP contribution in [0, 0.1) is 0 Å². The molecule has 9 heteroatoms. The van der Waals surface area contributed by atoms with Gasteiger partial charge < -0.3 is 25.0 Å². The molecule has 6 N–H and O–H groups in total. The fraction of sp³-hybridized carbons (Fsp3) is 0.231. The molecule has 2 amide bonds. The van der Waals surface area contributed by atoms with Crippen molar-refractivity contribution in [3.05, 3.63) is 89.0 Å². The third kappa shape index (κ3) is 4.97. The second-order valence-corrected chi connectivity index (χ2v) is 8.15. The molecule has 182 valence electrons. The Morgan fingerprint density at radius 3 is 2.23 bits per heavy atom. The van der Waals surface area contributed by atoms with Crippen LogP contribution < -0.4 is 21.3 Å². The lowest BCUT2D eigenvalue weighted by molar-refractivity contribution is 0.0180. The van der Waals surface area contributed by atoms with Crippen molar-refractivity contribution in [2.45, 2.75) is 18.1 Å². The Balaban J connectivity index is 1.37. The number of rotatable bonds is 8. The third-order valence-corrected chi connectivity index (χ3v) is 6.12. The lowest BCUT2D eigenvalue weighted by atomic mass is 9.97. The van der Waals surface area contributed by atoms with E-state index in [-0.39, 0.29) is 30.2 Å². The predicted octanol–water partition coefficient (Wildman–Crippen LogP) is 2.23. The number of methoxy groups -OCH3 is 1. The highest BCUT2D eigenvalue weighted by Gasteiger charge is 2.29. The second kappa shape index (κ2) is 10.6. The van der Waals surface area contributed by atoms with E-state index in [4.69, 9.17) is 15.3 Å². The van der Waals surface area contributed by atoms with E-state index in [1.807, 2.05) is 54.0 Å². The first-order chi connectivity index (χ1) is 16.9. The van der Waals surface area contributed by atoms with Gasteiger partial charge in [0.15, 0.2) is 0 Å². The minimum Gasteiger partial charge on any atom is -0.497 e. The summed E-state index contributed by atoms with van der Waals surface area (Å²) in [7, 11) is 1.43. The number of amides is 2. The summed E-state index contributed by atoms with van der Waals surface area (Å²) in [6, 6.07) is 20.4. The van der Waals surface area contributed by atoms with E-state index >= 15 is 0 Å². The van der Waals surface area contributed by atoms with Crippen molar-refractivity contribution in [2.24, 2.45) is 5.84 Å². The van der Waals surface area contributed by atoms with Crippen molar-refractivity contribution in [3.8, 4) is 16.9 Å². The Bertz CT molecular complexity index is 1190. The van der Waals surface area contributed by atoms with E-state index in [0.717, 1.165) is 22.3 Å². The highest BCUT2D eigenvalue weighted by Crippen LogP contribution is 2.44. The molecule has 0 aromatic heterocycles. The summed E-state index contributed by atoms with van der Waals surface area (Å²) in [6.45, 7) is -0.175. The van der Waals surface area contributed by atoms with E-state index in [1.165, 1.54) is 25.3 Å². The van der Waals surface area contributed by atoms with Gasteiger partial charge in [0, 0.05) is 12.5 Å². The first kappa shape index (κ1) is 24.2. The number of carbonyl (C=O) groups is 2. The maximum absolute atomic E-state index is 12.4. The van der Waals surface area contributed by atoms with Crippen molar-refractivity contribution >= 4 is 12.0 Å². The van der Waals surface area contributed by atoms with Crippen LogP contribution in [0.4, 0.5) is 4.79 Å². The SMILES string of the molecule is COc1ccc(C(O)C(O)CNC(=O)OCC2c3ccccc3-c3ccccc32)c(C(=O)NN)c1. The lowest BCUT2D eigenvalue weighted by Crippen LogP contribution is -2.37. The van der Waals surface area contributed by atoms with Crippen molar-refractivity contribution in [1.29, 1.82) is 0 Å². The molecule has 0 heterocycles. The van der Waals surface area contributed by atoms with Crippen LogP contribution in [0.3, 0.4) is 0 Å². The van der Waals surface area contributed by atoms with Crippen LogP contribution in [0.2, 0.25) is 0 Å². The molecule has 35 heavy (non-hydrogen) atoms. The topological polar surface area (TPSA) is 143 Å². The van der Waals surface area contributed by atoms with E-state index < -0.39 is 24.2 Å². The maximum Gasteiger partial charge on any atom is 0.407 e. The molecule has 0 fully saturated rings. The highest BCUT2D eigenvalue weighted by atomic mass is 16.5. The smallest absolute Gasteiger partial charge is 0.407 e. The Hall–Kier alpha value is -3.92. The molecule has 3 aromatic carbocycles. The fourth-order valence-corrected chi connectivity index (χ4v) is 4.35. The number of nitrogen functional groups attached to an aromatic ring is 1. The molecule has 2 unspecified atom stereocenters. The number of hydrogen-bond acceptors (Lipinski definition) is 7. The quantitative estimate of drug-likeness (QED) is 0.190. The van der Waals surface area contributed by atoms with Gasteiger partial charge in [-0.05, 0) is 39.9 Å². The molecule has 1 aliphatic carbocycles. The number of hydrogen-bond donors (Lipinski definition) is 5. The zero-order valence-electron chi connectivity index (χ0n) is 19.1. The van der Waals surface area contributed by atoms with Crippen molar-refractivity contribution < 1.29 is 29.3 Å². The highest BCUT2D eigenvalue weighted by molar-refractivity contribution is 5.95. The molecule has 2 atom stereocenters. The zero-order chi connectivity index (χ0) is 24.9. The number of aliphatic hydroxyl groups is 2. The fourth-order valence-electron chi connectivity index (χ4n) is 4.35. The Morgan fingerprint density at radius 2 is 1.63 bits per heavy atom. The minimum atomic E-state index is -1.47. The summed E-state index contributed by atoms with van der Waals surface area (Å²) in [6.07, 6.45) is -3.61. The van der Waals surface area contributed by atoms with Crippen LogP contribution >= 0.6 is 0 Å². The summed E-state index contributed by atoms with van der Waals surface area (Å²) in [5.41, 5.74) is 6.58. The predicted molar refractivity (Wildman–Crippen MR) is 129 cm³/mol. The van der Waals surface area contributed by atoms with E-state index in [0.29, 0.717) is 5.75 Å². The maximum atomic E-state index is 12.4. The summed E-state index contributed by atoms with van der Waals surface area (Å²) >= 11 is 0. The zero-order valence-corrected chi connectivity index (χ0v) is 19.1. The van der Waals surface area contributed by atoms with Crippen molar-refractivity contribution in [3.63, 3.8) is 0 Å². The second-order valence-electron chi connectivity index (χ2n) is 8.15. The molecule has 0 spiro atoms. The van der Waals surface area contributed by atoms with E-state index in [2.05, 4.69) is 5.32 Å². The van der Waals surface area contributed by atoms with E-state index in [9.17, 15) is 19.8 Å². The number of nitrogens with two attached hydrogens (primary N) is 1. The molecule has 9 nitrogen and oxygen atoms in total. The Morgan fingerprint density at radius 1 is 1.00 bits per heavy atom. The van der Waals surface area contributed by atoms with Gasteiger partial charge in [0.05, 0.1) is 12.7 Å². The monoisotopic (exact) mass is 477 g/mol. The van der Waals surface area contributed by atoms with Crippen LogP contribution in [-0.4, -0.2) is 48.6 Å². The van der Waals surface area contributed by atoms with Gasteiger partial charge in [-0.2, -0.15) is 0 Å². The molecule has 4 rings (SSSR count). The molecule has 0 radical (unpaired) electrons. The molecule has 0 saturated heterocycles. The molecule has 0 bridgehead atoms. The summed E-state index contributed by atoms with van der Waals surface area (Å²) < 4.78 is 10.5. The van der Waals surface area contributed by atoms with Crippen molar-refractivity contribution in [1.82, 2.24) is 10.7 Å². The van der Waals surface area contributed by atoms with Crippen LogP contribution in [-0.2, 0) is 4.74 Å². The molecule has 3 aromatic rings. The molecule has 1 aliphatic rings. The number of alkyl carbamates (subject to hydrolysis) is 1. The first-order valence-corrected chi connectivity index (χ1v) is 11.1. The number of aliphatic hydroxyl groups excluding tert-OH is 2. The average molecular weight is 478 g/mol. The van der Waals surface area contributed by atoms with Crippen LogP contribution in [0.25, 0.3) is 11.1 Å². The Labute approximate surface area is 202 Å². The van der Waals surface area contributed by atoms with Crippen molar-refractivity contribution in [2.75, 3.05) is 20.3 Å².